The predicted molar refractivity (Wildman–Crippen MR) is 72.4 cm³/mol. The maximum absolute atomic E-state index is 11.4. The van der Waals surface area contributed by atoms with Crippen LogP contribution >= 0.6 is 23.4 Å². The molecule has 1 aliphatic rings. The molecule has 1 aliphatic carbocycles. The van der Waals surface area contributed by atoms with E-state index in [1.165, 1.54) is 0 Å². The first-order chi connectivity index (χ1) is 8.15. The summed E-state index contributed by atoms with van der Waals surface area (Å²) in [7, 11) is 0. The van der Waals surface area contributed by atoms with Gasteiger partial charge in [0.15, 0.2) is 0 Å². The number of thioether (sulfide) groups is 1. The largest absolute Gasteiger partial charge is 0.398 e. The maximum atomic E-state index is 11.4. The molecule has 1 amide bonds. The van der Waals surface area contributed by atoms with Crippen LogP contribution in [0.2, 0.25) is 5.02 Å². The fourth-order valence-corrected chi connectivity index (χ4v) is 2.52. The number of carbonyl (C=O) groups is 1. The highest BCUT2D eigenvalue weighted by Gasteiger charge is 2.22. The molecule has 0 bridgehead atoms. The van der Waals surface area contributed by atoms with Crippen LogP contribution < -0.4 is 11.1 Å². The van der Waals surface area contributed by atoms with E-state index in [1.54, 1.807) is 17.8 Å². The van der Waals surface area contributed by atoms with Crippen LogP contribution in [0.25, 0.3) is 0 Å². The molecule has 0 heterocycles. The summed E-state index contributed by atoms with van der Waals surface area (Å²) in [5, 5.41) is 3.53. The Morgan fingerprint density at radius 1 is 1.53 bits per heavy atom. The van der Waals surface area contributed by atoms with Gasteiger partial charge in [0.05, 0.1) is 10.7 Å². The van der Waals surface area contributed by atoms with Crippen LogP contribution in [0.4, 0.5) is 5.69 Å². The van der Waals surface area contributed by atoms with E-state index in [1.807, 2.05) is 12.1 Å². The maximum Gasteiger partial charge on any atom is 0.221 e. The number of rotatable bonds is 5. The zero-order valence-corrected chi connectivity index (χ0v) is 11.0. The number of nitrogen functional groups attached to an aromatic ring is 1. The van der Waals surface area contributed by atoms with Crippen LogP contribution in [0.15, 0.2) is 23.1 Å². The van der Waals surface area contributed by atoms with Gasteiger partial charge in [-0.3, -0.25) is 4.79 Å². The Balaban J connectivity index is 1.73. The Labute approximate surface area is 110 Å². The molecule has 0 radical (unpaired) electrons. The van der Waals surface area contributed by atoms with Gasteiger partial charge in [-0.15, -0.1) is 11.8 Å². The number of halogens is 1. The van der Waals surface area contributed by atoms with Gasteiger partial charge in [0.1, 0.15) is 0 Å². The second-order valence-corrected chi connectivity index (χ2v) is 5.70. The lowest BCUT2D eigenvalue weighted by molar-refractivity contribution is -0.120. The van der Waals surface area contributed by atoms with Crippen molar-refractivity contribution in [3.8, 4) is 0 Å². The van der Waals surface area contributed by atoms with Crippen molar-refractivity contribution in [1.29, 1.82) is 0 Å². The van der Waals surface area contributed by atoms with Gasteiger partial charge in [0.2, 0.25) is 5.91 Å². The van der Waals surface area contributed by atoms with Crippen molar-refractivity contribution in [2.75, 3.05) is 11.5 Å². The van der Waals surface area contributed by atoms with Gasteiger partial charge in [-0.25, -0.2) is 0 Å². The quantitative estimate of drug-likeness (QED) is 0.639. The molecule has 0 spiro atoms. The van der Waals surface area contributed by atoms with Crippen molar-refractivity contribution in [1.82, 2.24) is 5.32 Å². The molecule has 1 aromatic carbocycles. The van der Waals surface area contributed by atoms with E-state index in [-0.39, 0.29) is 5.91 Å². The van der Waals surface area contributed by atoms with Gasteiger partial charge in [0, 0.05) is 23.1 Å². The molecule has 0 aromatic heterocycles. The Kier molecular flexibility index (Phi) is 4.18. The summed E-state index contributed by atoms with van der Waals surface area (Å²) in [6.07, 6.45) is 2.81. The first-order valence-electron chi connectivity index (χ1n) is 5.62. The summed E-state index contributed by atoms with van der Waals surface area (Å²) in [5.41, 5.74) is 6.21. The first kappa shape index (κ1) is 12.6. The normalized spacial score (nSPS) is 14.6. The number of carbonyl (C=O) groups excluding carboxylic acids is 1. The van der Waals surface area contributed by atoms with Crippen LogP contribution in [0.3, 0.4) is 0 Å². The van der Waals surface area contributed by atoms with Crippen LogP contribution in [-0.4, -0.2) is 17.7 Å². The van der Waals surface area contributed by atoms with Crippen LogP contribution in [0.5, 0.6) is 0 Å². The van der Waals surface area contributed by atoms with E-state index >= 15 is 0 Å². The minimum atomic E-state index is 0.140. The number of nitrogens with one attached hydrogen (secondary N) is 1. The van der Waals surface area contributed by atoms with Crippen molar-refractivity contribution >= 4 is 35.0 Å². The minimum absolute atomic E-state index is 0.140. The van der Waals surface area contributed by atoms with Gasteiger partial charge in [-0.2, -0.15) is 0 Å². The van der Waals surface area contributed by atoms with Gasteiger partial charge in [-0.1, -0.05) is 11.6 Å². The van der Waals surface area contributed by atoms with Crippen molar-refractivity contribution in [3.63, 3.8) is 0 Å². The van der Waals surface area contributed by atoms with E-state index in [0.29, 0.717) is 23.2 Å². The van der Waals surface area contributed by atoms with E-state index in [4.69, 9.17) is 17.3 Å². The SMILES string of the molecule is Nc1ccc(SCCC(=O)NC2CC2)cc1Cl. The molecule has 17 heavy (non-hydrogen) atoms. The lowest BCUT2D eigenvalue weighted by Gasteiger charge is -2.04. The van der Waals surface area contributed by atoms with E-state index in [9.17, 15) is 4.79 Å². The van der Waals surface area contributed by atoms with Gasteiger partial charge in [-0.05, 0) is 31.0 Å². The molecule has 5 heteroatoms. The first-order valence-corrected chi connectivity index (χ1v) is 6.98. The number of hydrogen-bond donors (Lipinski definition) is 2. The van der Waals surface area contributed by atoms with Crippen LogP contribution in [0.1, 0.15) is 19.3 Å². The zero-order chi connectivity index (χ0) is 12.3. The highest BCUT2D eigenvalue weighted by molar-refractivity contribution is 7.99. The average molecular weight is 271 g/mol. The Morgan fingerprint density at radius 2 is 2.29 bits per heavy atom. The second kappa shape index (κ2) is 5.65. The monoisotopic (exact) mass is 270 g/mol. The van der Waals surface area contributed by atoms with Gasteiger partial charge in [0.25, 0.3) is 0 Å². The number of nitrogens with two attached hydrogens (primary N) is 1. The Morgan fingerprint density at radius 3 is 2.94 bits per heavy atom. The molecule has 2 rings (SSSR count). The summed E-state index contributed by atoms with van der Waals surface area (Å²) in [4.78, 5) is 12.5. The van der Waals surface area contributed by atoms with Crippen molar-refractivity contribution < 1.29 is 4.79 Å². The van der Waals surface area contributed by atoms with Gasteiger partial charge >= 0.3 is 0 Å². The van der Waals surface area contributed by atoms with E-state index in [0.717, 1.165) is 23.5 Å². The van der Waals surface area contributed by atoms with Crippen molar-refractivity contribution in [2.45, 2.75) is 30.2 Å². The molecule has 1 saturated carbocycles. The van der Waals surface area contributed by atoms with E-state index in [2.05, 4.69) is 5.32 Å². The summed E-state index contributed by atoms with van der Waals surface area (Å²) < 4.78 is 0. The molecule has 0 unspecified atom stereocenters. The number of benzene rings is 1. The molecule has 3 nitrogen and oxygen atoms in total. The number of hydrogen-bond acceptors (Lipinski definition) is 3. The van der Waals surface area contributed by atoms with Crippen LogP contribution in [-0.2, 0) is 4.79 Å². The van der Waals surface area contributed by atoms with E-state index < -0.39 is 0 Å². The fourth-order valence-electron chi connectivity index (χ4n) is 1.39. The Hall–Kier alpha value is -0.870. The molecule has 1 aromatic rings. The third-order valence-electron chi connectivity index (χ3n) is 2.51. The highest BCUT2D eigenvalue weighted by Crippen LogP contribution is 2.26. The molecule has 0 atom stereocenters. The Bertz CT molecular complexity index is 421. The molecule has 1 fully saturated rings. The summed E-state index contributed by atoms with van der Waals surface area (Å²) >= 11 is 7.53. The molecular formula is C12H15ClN2OS. The fraction of sp³-hybridized carbons (Fsp3) is 0.417. The van der Waals surface area contributed by atoms with Crippen molar-refractivity contribution in [2.24, 2.45) is 0 Å². The van der Waals surface area contributed by atoms with Crippen LogP contribution in [0, 0.1) is 0 Å². The minimum Gasteiger partial charge on any atom is -0.398 e. The van der Waals surface area contributed by atoms with Crippen molar-refractivity contribution in [3.05, 3.63) is 23.2 Å². The topological polar surface area (TPSA) is 55.1 Å². The van der Waals surface area contributed by atoms with Gasteiger partial charge < -0.3 is 11.1 Å². The average Bonchev–Trinajstić information content (AvgIpc) is 3.07. The molecular weight excluding hydrogens is 256 g/mol. The summed E-state index contributed by atoms with van der Waals surface area (Å²) in [6.45, 7) is 0. The molecule has 3 N–H and O–H groups in total. The third-order valence-corrected chi connectivity index (χ3v) is 3.84. The predicted octanol–water partition coefficient (Wildman–Crippen LogP) is 2.68. The highest BCUT2D eigenvalue weighted by atomic mass is 35.5. The molecule has 0 saturated heterocycles. The smallest absolute Gasteiger partial charge is 0.221 e. The standard InChI is InChI=1S/C12H15ClN2OS/c13-10-7-9(3-4-11(10)14)17-6-5-12(16)15-8-1-2-8/h3-4,7-8H,1-2,5-6,14H2,(H,15,16). The molecule has 92 valence electrons. The summed E-state index contributed by atoms with van der Waals surface area (Å²) in [6, 6.07) is 5.98. The summed E-state index contributed by atoms with van der Waals surface area (Å²) in [5.74, 6) is 0.903. The zero-order valence-electron chi connectivity index (χ0n) is 9.41. The number of anilines is 1. The lowest BCUT2D eigenvalue weighted by Crippen LogP contribution is -2.25. The second-order valence-electron chi connectivity index (χ2n) is 4.12. The third kappa shape index (κ3) is 4.13. The molecule has 0 aliphatic heterocycles. The lowest BCUT2D eigenvalue weighted by atomic mass is 10.3. The number of amides is 1.